The van der Waals surface area contributed by atoms with Crippen LogP contribution in [0.15, 0.2) is 28.7 Å². The van der Waals surface area contributed by atoms with Gasteiger partial charge in [-0.3, -0.25) is 4.79 Å². The van der Waals surface area contributed by atoms with Crippen LogP contribution in [0.25, 0.3) is 0 Å². The second-order valence-corrected chi connectivity index (χ2v) is 5.54. The topological polar surface area (TPSA) is 50.4 Å². The van der Waals surface area contributed by atoms with E-state index < -0.39 is 0 Å². The first-order valence-corrected chi connectivity index (χ1v) is 7.37. The van der Waals surface area contributed by atoms with Gasteiger partial charge in [0, 0.05) is 24.1 Å². The van der Waals surface area contributed by atoms with Crippen molar-refractivity contribution in [2.45, 2.75) is 18.9 Å². The van der Waals surface area contributed by atoms with Crippen LogP contribution in [0.5, 0.6) is 0 Å². The molecule has 1 heterocycles. The van der Waals surface area contributed by atoms with E-state index in [4.69, 9.17) is 4.74 Å². The average Bonchev–Trinajstić information content (AvgIpc) is 2.42. The number of carbonyl (C=O) groups excluding carboxylic acids is 1. The summed E-state index contributed by atoms with van der Waals surface area (Å²) in [6, 6.07) is 8.15. The number of hydrogen-bond donors (Lipinski definition) is 2. The van der Waals surface area contributed by atoms with E-state index in [1.165, 1.54) is 5.56 Å². The van der Waals surface area contributed by atoms with Gasteiger partial charge >= 0.3 is 0 Å². The quantitative estimate of drug-likeness (QED) is 0.840. The Morgan fingerprint density at radius 3 is 2.80 bits per heavy atom. The molecule has 2 rings (SSSR count). The van der Waals surface area contributed by atoms with E-state index in [9.17, 15) is 4.79 Å². The second kappa shape index (κ2) is 9.34. The molecule has 0 radical (unpaired) electrons. The first-order valence-electron chi connectivity index (χ1n) is 6.57. The van der Waals surface area contributed by atoms with Gasteiger partial charge in [-0.25, -0.2) is 0 Å². The van der Waals surface area contributed by atoms with E-state index in [2.05, 4.69) is 38.7 Å². The molecule has 1 amide bonds. The molecule has 0 spiro atoms. The molecule has 6 heteroatoms. The van der Waals surface area contributed by atoms with Crippen LogP contribution in [0.1, 0.15) is 12.0 Å². The Labute approximate surface area is 134 Å². The molecule has 4 nitrogen and oxygen atoms in total. The van der Waals surface area contributed by atoms with Crippen LogP contribution in [0.3, 0.4) is 0 Å². The molecule has 1 fully saturated rings. The summed E-state index contributed by atoms with van der Waals surface area (Å²) in [6.45, 7) is 3.00. The zero-order valence-corrected chi connectivity index (χ0v) is 13.6. The molecule has 1 atom stereocenters. The second-order valence-electron chi connectivity index (χ2n) is 4.63. The Morgan fingerprint density at radius 2 is 2.15 bits per heavy atom. The summed E-state index contributed by atoms with van der Waals surface area (Å²) in [4.78, 5) is 11.7. The number of amides is 1. The van der Waals surface area contributed by atoms with Gasteiger partial charge in [0.25, 0.3) is 0 Å². The lowest BCUT2D eigenvalue weighted by Gasteiger charge is -2.23. The van der Waals surface area contributed by atoms with Gasteiger partial charge in [0.2, 0.25) is 5.91 Å². The van der Waals surface area contributed by atoms with Crippen molar-refractivity contribution < 1.29 is 9.53 Å². The lowest BCUT2D eigenvalue weighted by Crippen LogP contribution is -2.41. The van der Waals surface area contributed by atoms with E-state index in [-0.39, 0.29) is 24.4 Å². The van der Waals surface area contributed by atoms with Crippen LogP contribution in [0.4, 0.5) is 0 Å². The number of nitrogens with one attached hydrogen (secondary N) is 2. The molecule has 2 N–H and O–H groups in total. The molecule has 1 unspecified atom stereocenters. The third kappa shape index (κ3) is 6.22. The lowest BCUT2D eigenvalue weighted by molar-refractivity contribution is -0.124. The standard InChI is InChI=1S/C14H19BrN2O2.ClH/c15-12-3-1-11(2-4-12)5-6-17-14(18)9-13-10-16-7-8-19-13;/h1-4,13,16H,5-10H2,(H,17,18);1H. The maximum atomic E-state index is 11.7. The Hall–Kier alpha value is -0.620. The smallest absolute Gasteiger partial charge is 0.222 e. The van der Waals surface area contributed by atoms with Crippen molar-refractivity contribution in [2.24, 2.45) is 0 Å². The minimum atomic E-state index is 0. The average molecular weight is 364 g/mol. The number of carbonyl (C=O) groups is 1. The predicted octanol–water partition coefficient (Wildman–Crippen LogP) is 1.91. The van der Waals surface area contributed by atoms with Crippen LogP contribution in [-0.4, -0.2) is 38.3 Å². The van der Waals surface area contributed by atoms with Crippen molar-refractivity contribution in [3.8, 4) is 0 Å². The normalized spacial score (nSPS) is 18.1. The van der Waals surface area contributed by atoms with Gasteiger partial charge in [0.05, 0.1) is 19.1 Å². The summed E-state index contributed by atoms with van der Waals surface area (Å²) < 4.78 is 6.57. The number of rotatable bonds is 5. The molecule has 20 heavy (non-hydrogen) atoms. The minimum absolute atomic E-state index is 0. The van der Waals surface area contributed by atoms with Crippen molar-refractivity contribution in [2.75, 3.05) is 26.2 Å². The summed E-state index contributed by atoms with van der Waals surface area (Å²) in [5.74, 6) is 0.0609. The molecular formula is C14H20BrClN2O2. The monoisotopic (exact) mass is 362 g/mol. The molecule has 112 valence electrons. The summed E-state index contributed by atoms with van der Waals surface area (Å²) in [5.41, 5.74) is 1.22. The molecule has 1 aliphatic heterocycles. The van der Waals surface area contributed by atoms with Crippen LogP contribution < -0.4 is 10.6 Å². The molecule has 0 aliphatic carbocycles. The van der Waals surface area contributed by atoms with Gasteiger partial charge in [-0.15, -0.1) is 12.4 Å². The zero-order chi connectivity index (χ0) is 13.5. The molecule has 1 aromatic carbocycles. The highest BCUT2D eigenvalue weighted by atomic mass is 79.9. The van der Waals surface area contributed by atoms with Crippen LogP contribution >= 0.6 is 28.3 Å². The van der Waals surface area contributed by atoms with Gasteiger partial charge in [0.15, 0.2) is 0 Å². The van der Waals surface area contributed by atoms with E-state index >= 15 is 0 Å². The Morgan fingerprint density at radius 1 is 1.40 bits per heavy atom. The van der Waals surface area contributed by atoms with E-state index in [1.54, 1.807) is 0 Å². The maximum absolute atomic E-state index is 11.7. The van der Waals surface area contributed by atoms with Gasteiger partial charge in [-0.2, -0.15) is 0 Å². The molecule has 0 aromatic heterocycles. The van der Waals surface area contributed by atoms with Crippen molar-refractivity contribution >= 4 is 34.2 Å². The highest BCUT2D eigenvalue weighted by Gasteiger charge is 2.16. The largest absolute Gasteiger partial charge is 0.375 e. The van der Waals surface area contributed by atoms with Crippen molar-refractivity contribution in [1.82, 2.24) is 10.6 Å². The summed E-state index contributed by atoms with van der Waals surface area (Å²) in [5, 5.41) is 6.15. The van der Waals surface area contributed by atoms with Gasteiger partial charge in [-0.1, -0.05) is 28.1 Å². The Balaban J connectivity index is 0.00000200. The summed E-state index contributed by atoms with van der Waals surface area (Å²) in [6.07, 6.45) is 1.30. The molecule has 1 aromatic rings. The fraction of sp³-hybridized carbons (Fsp3) is 0.500. The van der Waals surface area contributed by atoms with Gasteiger partial charge < -0.3 is 15.4 Å². The zero-order valence-electron chi connectivity index (χ0n) is 11.2. The van der Waals surface area contributed by atoms with Crippen molar-refractivity contribution in [3.05, 3.63) is 34.3 Å². The predicted molar refractivity (Wildman–Crippen MR) is 85.3 cm³/mol. The van der Waals surface area contributed by atoms with E-state index in [0.29, 0.717) is 19.6 Å². The maximum Gasteiger partial charge on any atom is 0.222 e. The van der Waals surface area contributed by atoms with Crippen LogP contribution in [0.2, 0.25) is 0 Å². The highest BCUT2D eigenvalue weighted by Crippen LogP contribution is 2.10. The third-order valence-corrected chi connectivity index (χ3v) is 3.60. The number of hydrogen-bond acceptors (Lipinski definition) is 3. The first kappa shape index (κ1) is 17.4. The Bertz CT molecular complexity index is 408. The number of halogens is 2. The third-order valence-electron chi connectivity index (χ3n) is 3.07. The Kier molecular flexibility index (Phi) is 8.14. The SMILES string of the molecule is Cl.O=C(CC1CNCCO1)NCCc1ccc(Br)cc1. The van der Waals surface area contributed by atoms with Crippen LogP contribution in [0, 0.1) is 0 Å². The number of benzene rings is 1. The summed E-state index contributed by atoms with van der Waals surface area (Å²) >= 11 is 3.40. The van der Waals surface area contributed by atoms with Crippen LogP contribution in [-0.2, 0) is 16.0 Å². The van der Waals surface area contributed by atoms with Crippen molar-refractivity contribution in [1.29, 1.82) is 0 Å². The first-order chi connectivity index (χ1) is 9.24. The van der Waals surface area contributed by atoms with E-state index in [1.807, 2.05) is 12.1 Å². The number of morpholine rings is 1. The minimum Gasteiger partial charge on any atom is -0.375 e. The van der Waals surface area contributed by atoms with Gasteiger partial charge in [0.1, 0.15) is 0 Å². The van der Waals surface area contributed by atoms with Crippen molar-refractivity contribution in [3.63, 3.8) is 0 Å². The fourth-order valence-electron chi connectivity index (χ4n) is 2.03. The molecule has 1 saturated heterocycles. The molecule has 0 bridgehead atoms. The van der Waals surface area contributed by atoms with Gasteiger partial charge in [-0.05, 0) is 24.1 Å². The molecule has 1 aliphatic rings. The number of ether oxygens (including phenoxy) is 1. The molecule has 0 saturated carbocycles. The summed E-state index contributed by atoms with van der Waals surface area (Å²) in [7, 11) is 0. The lowest BCUT2D eigenvalue weighted by atomic mass is 10.1. The highest BCUT2D eigenvalue weighted by molar-refractivity contribution is 9.10. The molecular weight excluding hydrogens is 344 g/mol. The fourth-order valence-corrected chi connectivity index (χ4v) is 2.29. The van der Waals surface area contributed by atoms with E-state index in [0.717, 1.165) is 24.0 Å².